The van der Waals surface area contributed by atoms with Crippen molar-refractivity contribution in [2.75, 3.05) is 11.5 Å². The molecule has 3 aromatic heterocycles. The largest absolute Gasteiger partial charge is 1.00 e. The zero-order valence-electron chi connectivity index (χ0n) is 17.1. The number of β-lactam (4-membered cyclic amide) rings is 1. The van der Waals surface area contributed by atoms with E-state index in [1.165, 1.54) is 29.3 Å². The molecule has 33 heavy (non-hydrogen) atoms. The molecule has 11 nitrogen and oxygen atoms in total. The number of carboxylic acids is 1. The smallest absolute Gasteiger partial charge is 0.543 e. The number of fused-ring (bicyclic) bond motifs is 2. The van der Waals surface area contributed by atoms with E-state index in [0.29, 0.717) is 15.9 Å². The standard InChI is InChI=1S/C18H15N7O4S3.Na/c19-13-8-5-20-24-14(8)23-18(22-13)32-9-6-31-16-11(15(27)25(16)12(9)17(28)29)21-10(26)4-7-2-1-3-30-7;/h1-3,5,11,16H,4,6H2,(H,21,26)(H,28,29)(H3,19,20,22,23,24);/q;+1/p-1/t11?,16-;/m1./s1. The number of hydrogen-bond acceptors (Lipinski definition) is 11. The van der Waals surface area contributed by atoms with E-state index in [0.717, 1.165) is 21.5 Å². The van der Waals surface area contributed by atoms with Gasteiger partial charge in [0.25, 0.3) is 5.91 Å². The van der Waals surface area contributed by atoms with Crippen LogP contribution in [0, 0.1) is 0 Å². The Hall–Kier alpha value is -2.10. The Morgan fingerprint density at radius 1 is 1.39 bits per heavy atom. The molecule has 0 radical (unpaired) electrons. The third-order valence-corrected chi connectivity index (χ3v) is 8.18. The maximum atomic E-state index is 12.7. The van der Waals surface area contributed by atoms with E-state index in [-0.39, 0.29) is 64.3 Å². The van der Waals surface area contributed by atoms with Crippen molar-refractivity contribution in [2.45, 2.75) is 23.0 Å². The Kier molecular flexibility index (Phi) is 7.02. The maximum Gasteiger partial charge on any atom is 1.00 e. The summed E-state index contributed by atoms with van der Waals surface area (Å²) in [6.45, 7) is 0. The van der Waals surface area contributed by atoms with Crippen LogP contribution in [0.3, 0.4) is 0 Å². The fourth-order valence-electron chi connectivity index (χ4n) is 3.45. The van der Waals surface area contributed by atoms with Crippen LogP contribution in [0.15, 0.2) is 39.5 Å². The van der Waals surface area contributed by atoms with E-state index in [9.17, 15) is 19.5 Å². The number of aliphatic carboxylic acids is 1. The first-order chi connectivity index (χ1) is 15.4. The van der Waals surface area contributed by atoms with Crippen molar-refractivity contribution in [3.8, 4) is 0 Å². The molecule has 0 aliphatic carbocycles. The molecule has 3 aromatic rings. The van der Waals surface area contributed by atoms with Gasteiger partial charge in [-0.2, -0.15) is 5.10 Å². The van der Waals surface area contributed by atoms with Gasteiger partial charge in [-0.1, -0.05) is 17.8 Å². The number of nitrogen functional groups attached to an aromatic ring is 1. The van der Waals surface area contributed by atoms with Gasteiger partial charge in [0.1, 0.15) is 17.2 Å². The quantitative estimate of drug-likeness (QED) is 0.173. The fraction of sp³-hybridized carbons (Fsp3) is 0.222. The molecule has 2 aliphatic heterocycles. The van der Waals surface area contributed by atoms with Crippen LogP contribution >= 0.6 is 34.9 Å². The van der Waals surface area contributed by atoms with Crippen LogP contribution < -0.4 is 45.7 Å². The van der Waals surface area contributed by atoms with E-state index < -0.39 is 23.3 Å². The molecular formula is C18H14N7NaO4S3. The minimum Gasteiger partial charge on any atom is -0.543 e. The number of nitrogens with one attached hydrogen (secondary N) is 2. The van der Waals surface area contributed by atoms with Crippen molar-refractivity contribution in [3.63, 3.8) is 0 Å². The van der Waals surface area contributed by atoms with Crippen LogP contribution in [0.25, 0.3) is 11.0 Å². The summed E-state index contributed by atoms with van der Waals surface area (Å²) in [6.07, 6.45) is 1.66. The molecule has 1 fully saturated rings. The van der Waals surface area contributed by atoms with Crippen LogP contribution in [-0.4, -0.2) is 60.0 Å². The molecule has 2 amide bonds. The minimum atomic E-state index is -1.48. The van der Waals surface area contributed by atoms with E-state index >= 15 is 0 Å². The number of carboxylic acid groups (broad SMARTS) is 1. The number of thiophene rings is 1. The third-order valence-electron chi connectivity index (χ3n) is 4.89. The summed E-state index contributed by atoms with van der Waals surface area (Å²) in [5.41, 5.74) is 6.10. The van der Waals surface area contributed by atoms with Gasteiger partial charge in [-0.05, 0) is 11.4 Å². The van der Waals surface area contributed by atoms with Gasteiger partial charge in [-0.3, -0.25) is 19.6 Å². The van der Waals surface area contributed by atoms with Crippen molar-refractivity contribution >= 4 is 69.5 Å². The number of anilines is 1. The summed E-state index contributed by atoms with van der Waals surface area (Å²) in [5, 5.41) is 23.3. The van der Waals surface area contributed by atoms with Crippen molar-refractivity contribution in [3.05, 3.63) is 39.2 Å². The topological polar surface area (TPSA) is 170 Å². The Balaban J connectivity index is 0.00000259. The van der Waals surface area contributed by atoms with E-state index in [2.05, 4.69) is 25.5 Å². The maximum absolute atomic E-state index is 12.7. The first kappa shape index (κ1) is 24.0. The summed E-state index contributed by atoms with van der Waals surface area (Å²) >= 11 is 3.80. The molecule has 5 rings (SSSR count). The summed E-state index contributed by atoms with van der Waals surface area (Å²) < 4.78 is 0. The summed E-state index contributed by atoms with van der Waals surface area (Å²) in [4.78, 5) is 47.8. The molecule has 5 heterocycles. The Morgan fingerprint density at radius 3 is 2.94 bits per heavy atom. The monoisotopic (exact) mass is 511 g/mol. The van der Waals surface area contributed by atoms with Gasteiger partial charge in [0.05, 0.1) is 29.7 Å². The third kappa shape index (κ3) is 4.50. The molecule has 0 bridgehead atoms. The zero-order valence-corrected chi connectivity index (χ0v) is 21.6. The first-order valence-corrected chi connectivity index (χ1v) is 12.0. The summed E-state index contributed by atoms with van der Waals surface area (Å²) in [6, 6.07) is 2.89. The second-order valence-electron chi connectivity index (χ2n) is 6.90. The van der Waals surface area contributed by atoms with Gasteiger partial charge in [-0.15, -0.1) is 23.1 Å². The number of nitrogens with zero attached hydrogens (tertiary/aromatic N) is 4. The number of hydrogen-bond donors (Lipinski definition) is 3. The number of carbonyl (C=O) groups excluding carboxylic acids is 3. The van der Waals surface area contributed by atoms with Gasteiger partial charge in [0.15, 0.2) is 10.8 Å². The SMILES string of the molecule is Nc1nc(SC2=C(C(=O)[O-])N3C(=O)C(NC(=O)Cc4cccs4)[C@H]3SC2)nc2[nH]ncc12.[Na+]. The number of carbonyl (C=O) groups is 3. The Bertz CT molecular complexity index is 1280. The van der Waals surface area contributed by atoms with Gasteiger partial charge in [0.2, 0.25) is 5.91 Å². The second kappa shape index (κ2) is 9.64. The van der Waals surface area contributed by atoms with Crippen molar-refractivity contribution in [1.29, 1.82) is 0 Å². The van der Waals surface area contributed by atoms with E-state index in [1.54, 1.807) is 0 Å². The zero-order chi connectivity index (χ0) is 22.4. The summed E-state index contributed by atoms with van der Waals surface area (Å²) in [5.74, 6) is -1.78. The van der Waals surface area contributed by atoms with Crippen LogP contribution in [-0.2, 0) is 20.8 Å². The summed E-state index contributed by atoms with van der Waals surface area (Å²) in [7, 11) is 0. The van der Waals surface area contributed by atoms with Crippen LogP contribution in [0.4, 0.5) is 5.82 Å². The van der Waals surface area contributed by atoms with Crippen LogP contribution in [0.1, 0.15) is 4.88 Å². The molecule has 2 atom stereocenters. The average Bonchev–Trinajstić information content (AvgIpc) is 3.43. The van der Waals surface area contributed by atoms with Crippen LogP contribution in [0.2, 0.25) is 0 Å². The number of H-pyrrole nitrogens is 1. The average molecular weight is 512 g/mol. The molecule has 4 N–H and O–H groups in total. The molecule has 1 unspecified atom stereocenters. The molecular weight excluding hydrogens is 497 g/mol. The van der Waals surface area contributed by atoms with E-state index in [4.69, 9.17) is 5.73 Å². The van der Waals surface area contributed by atoms with Crippen molar-refractivity contribution in [2.24, 2.45) is 0 Å². The predicted octanol–water partition coefficient (Wildman–Crippen LogP) is -3.30. The molecule has 1 saturated heterocycles. The second-order valence-corrected chi connectivity index (χ2v) is 10.1. The fourth-order valence-corrected chi connectivity index (χ4v) is 6.56. The van der Waals surface area contributed by atoms with Gasteiger partial charge in [0, 0.05) is 15.5 Å². The number of aromatic nitrogens is 4. The molecule has 2 aliphatic rings. The molecule has 0 aromatic carbocycles. The first-order valence-electron chi connectivity index (χ1n) is 9.27. The van der Waals surface area contributed by atoms with Gasteiger partial charge in [-0.25, -0.2) is 9.97 Å². The Labute approximate surface area is 221 Å². The van der Waals surface area contributed by atoms with Gasteiger partial charge < -0.3 is 21.0 Å². The number of nitrogens with two attached hydrogens (primary N) is 1. The normalized spacial score (nSPS) is 19.6. The number of thioether (sulfide) groups is 2. The van der Waals surface area contributed by atoms with Crippen LogP contribution in [0.5, 0.6) is 0 Å². The molecule has 164 valence electrons. The Morgan fingerprint density at radius 2 is 2.21 bits per heavy atom. The molecule has 15 heteroatoms. The van der Waals surface area contributed by atoms with Gasteiger partial charge >= 0.3 is 29.6 Å². The van der Waals surface area contributed by atoms with Crippen molar-refractivity contribution in [1.82, 2.24) is 30.4 Å². The minimum absolute atomic E-state index is 0. The predicted molar refractivity (Wildman–Crippen MR) is 117 cm³/mol. The van der Waals surface area contributed by atoms with E-state index in [1.807, 2.05) is 17.5 Å². The van der Waals surface area contributed by atoms with Crippen molar-refractivity contribution < 1.29 is 49.0 Å². The molecule has 0 spiro atoms. The number of amides is 2. The molecule has 0 saturated carbocycles. The number of rotatable bonds is 6. The number of aromatic amines is 1.